The molecule has 2 N–H and O–H groups in total. The molecular weight excluding hydrogens is 358 g/mol. The lowest BCUT2D eigenvalue weighted by Gasteiger charge is -2.28. The lowest BCUT2D eigenvalue weighted by Crippen LogP contribution is -2.40. The number of hydrazone groups is 1. The smallest absolute Gasteiger partial charge is 0.325 e. The van der Waals surface area contributed by atoms with E-state index in [1.165, 1.54) is 24.9 Å². The van der Waals surface area contributed by atoms with Crippen molar-refractivity contribution in [2.45, 2.75) is 45.1 Å². The molecule has 0 spiro atoms. The van der Waals surface area contributed by atoms with E-state index in [-0.39, 0.29) is 24.8 Å². The fraction of sp³-hybridized carbons (Fsp3) is 0.500. The molecule has 0 radical (unpaired) electrons. The van der Waals surface area contributed by atoms with Crippen molar-refractivity contribution >= 4 is 29.7 Å². The van der Waals surface area contributed by atoms with Crippen LogP contribution >= 0.6 is 0 Å². The van der Waals surface area contributed by atoms with Crippen molar-refractivity contribution < 1.29 is 14.4 Å². The zero-order valence-corrected chi connectivity index (χ0v) is 16.4. The number of nitrogens with zero attached hydrogens (tertiary/aromatic N) is 3. The number of benzene rings is 1. The number of carbonyl (C=O) groups excluding carboxylic acids is 3. The summed E-state index contributed by atoms with van der Waals surface area (Å²) in [6.07, 6.45) is 5.35. The van der Waals surface area contributed by atoms with E-state index in [2.05, 4.69) is 32.9 Å². The molecule has 0 bridgehead atoms. The van der Waals surface area contributed by atoms with Crippen LogP contribution in [0, 0.1) is 0 Å². The van der Waals surface area contributed by atoms with Crippen molar-refractivity contribution in [3.05, 3.63) is 29.8 Å². The monoisotopic (exact) mass is 385 g/mol. The number of hydrogen-bond donors (Lipinski definition) is 2. The Morgan fingerprint density at radius 2 is 1.86 bits per heavy atom. The van der Waals surface area contributed by atoms with Gasteiger partial charge in [0.25, 0.3) is 5.91 Å². The molecule has 8 nitrogen and oxygen atoms in total. The fourth-order valence-corrected chi connectivity index (χ4v) is 3.39. The second-order valence-corrected chi connectivity index (χ2v) is 7.69. The van der Waals surface area contributed by atoms with Gasteiger partial charge in [-0.15, -0.1) is 0 Å². The molecule has 0 atom stereocenters. The summed E-state index contributed by atoms with van der Waals surface area (Å²) in [7, 11) is 0. The van der Waals surface area contributed by atoms with Gasteiger partial charge in [-0.2, -0.15) is 5.10 Å². The van der Waals surface area contributed by atoms with Crippen LogP contribution in [0.1, 0.15) is 45.1 Å². The topological polar surface area (TPSA) is 94.1 Å². The fourth-order valence-electron chi connectivity index (χ4n) is 3.39. The quantitative estimate of drug-likeness (QED) is 0.444. The molecule has 3 rings (SSSR count). The van der Waals surface area contributed by atoms with Crippen molar-refractivity contribution in [2.24, 2.45) is 5.10 Å². The molecule has 0 aliphatic carbocycles. The average molecular weight is 385 g/mol. The number of urea groups is 1. The molecule has 0 unspecified atom stereocenters. The summed E-state index contributed by atoms with van der Waals surface area (Å²) in [6.45, 7) is 5.48. The van der Waals surface area contributed by atoms with Crippen LogP contribution < -0.4 is 15.6 Å². The van der Waals surface area contributed by atoms with E-state index < -0.39 is 11.6 Å². The lowest BCUT2D eigenvalue weighted by atomic mass is 10.1. The summed E-state index contributed by atoms with van der Waals surface area (Å²) in [5, 5.41) is 6.54. The summed E-state index contributed by atoms with van der Waals surface area (Å²) in [4.78, 5) is 39.2. The summed E-state index contributed by atoms with van der Waals surface area (Å²) >= 11 is 0. The normalized spacial score (nSPS) is 19.2. The molecule has 4 amide bonds. The van der Waals surface area contributed by atoms with Crippen molar-refractivity contribution in [1.82, 2.24) is 15.6 Å². The first-order chi connectivity index (χ1) is 13.4. The van der Waals surface area contributed by atoms with Crippen LogP contribution in [-0.4, -0.2) is 54.1 Å². The third-order valence-electron chi connectivity index (χ3n) is 5.02. The van der Waals surface area contributed by atoms with Crippen molar-refractivity contribution in [3.8, 4) is 0 Å². The molecule has 2 aliphatic heterocycles. The molecule has 8 heteroatoms. The molecule has 2 saturated heterocycles. The number of rotatable bonds is 6. The van der Waals surface area contributed by atoms with Crippen LogP contribution in [0.2, 0.25) is 0 Å². The van der Waals surface area contributed by atoms with Crippen LogP contribution in [0.5, 0.6) is 0 Å². The van der Waals surface area contributed by atoms with Gasteiger partial charge in [-0.3, -0.25) is 14.5 Å². The van der Waals surface area contributed by atoms with Gasteiger partial charge in [0.05, 0.1) is 6.21 Å². The standard InChI is InChI=1S/C20H27N5O3/c1-20(2)18(27)25(19(28)22-20)13-10-17(26)23-21-14-15-6-8-16(9-7-15)24-11-4-3-5-12-24/h6-9,14H,3-5,10-13H2,1-2H3,(H,22,28)(H,23,26)/b21-14-. The summed E-state index contributed by atoms with van der Waals surface area (Å²) in [6, 6.07) is 7.59. The Morgan fingerprint density at radius 1 is 1.18 bits per heavy atom. The van der Waals surface area contributed by atoms with Crippen LogP contribution in [0.15, 0.2) is 29.4 Å². The van der Waals surface area contributed by atoms with Gasteiger partial charge in [0.15, 0.2) is 0 Å². The zero-order valence-electron chi connectivity index (χ0n) is 16.4. The Kier molecular flexibility index (Phi) is 5.96. The molecule has 2 fully saturated rings. The Morgan fingerprint density at radius 3 is 2.46 bits per heavy atom. The van der Waals surface area contributed by atoms with E-state index in [9.17, 15) is 14.4 Å². The average Bonchev–Trinajstić information content (AvgIpc) is 2.88. The SMILES string of the molecule is CC1(C)NC(=O)N(CCC(=O)N/N=C\c2ccc(N3CCCCC3)cc2)C1=O. The Bertz CT molecular complexity index is 767. The van der Waals surface area contributed by atoms with Crippen LogP contribution in [0.25, 0.3) is 0 Å². The van der Waals surface area contributed by atoms with Gasteiger partial charge in [0.1, 0.15) is 5.54 Å². The van der Waals surface area contributed by atoms with Crippen molar-refractivity contribution in [1.29, 1.82) is 0 Å². The molecule has 2 heterocycles. The molecule has 2 aliphatic rings. The number of hydrogen-bond acceptors (Lipinski definition) is 5. The number of carbonyl (C=O) groups is 3. The first kappa shape index (κ1) is 19.9. The number of nitrogens with one attached hydrogen (secondary N) is 2. The number of imide groups is 1. The maximum absolute atomic E-state index is 12.1. The predicted molar refractivity (Wildman–Crippen MR) is 107 cm³/mol. The predicted octanol–water partition coefficient (Wildman–Crippen LogP) is 1.85. The summed E-state index contributed by atoms with van der Waals surface area (Å²) in [5.41, 5.74) is 3.60. The minimum Gasteiger partial charge on any atom is -0.372 e. The number of amides is 4. The Hall–Kier alpha value is -2.90. The third-order valence-corrected chi connectivity index (χ3v) is 5.02. The molecule has 28 heavy (non-hydrogen) atoms. The van der Waals surface area contributed by atoms with Crippen LogP contribution in [0.4, 0.5) is 10.5 Å². The number of anilines is 1. The largest absolute Gasteiger partial charge is 0.372 e. The Balaban J connectivity index is 1.44. The maximum atomic E-state index is 12.1. The highest BCUT2D eigenvalue weighted by molar-refractivity contribution is 6.06. The summed E-state index contributed by atoms with van der Waals surface area (Å²) in [5.74, 6) is -0.686. The number of piperidine rings is 1. The highest BCUT2D eigenvalue weighted by Crippen LogP contribution is 2.20. The molecule has 1 aromatic rings. The van der Waals surface area contributed by atoms with Gasteiger partial charge >= 0.3 is 6.03 Å². The second-order valence-electron chi connectivity index (χ2n) is 7.69. The minimum atomic E-state index is -0.925. The van der Waals surface area contributed by atoms with Crippen LogP contribution in [0.3, 0.4) is 0 Å². The molecule has 1 aromatic carbocycles. The molecule has 0 saturated carbocycles. The van der Waals surface area contributed by atoms with Gasteiger partial charge in [0, 0.05) is 31.7 Å². The van der Waals surface area contributed by atoms with E-state index >= 15 is 0 Å². The first-order valence-electron chi connectivity index (χ1n) is 9.68. The highest BCUT2D eigenvalue weighted by Gasteiger charge is 2.43. The highest BCUT2D eigenvalue weighted by atomic mass is 16.2. The van der Waals surface area contributed by atoms with E-state index in [1.807, 2.05) is 12.1 Å². The van der Waals surface area contributed by atoms with E-state index in [1.54, 1.807) is 20.1 Å². The molecule has 150 valence electrons. The van der Waals surface area contributed by atoms with E-state index in [0.717, 1.165) is 23.6 Å². The zero-order chi connectivity index (χ0) is 20.1. The van der Waals surface area contributed by atoms with Gasteiger partial charge in [-0.1, -0.05) is 12.1 Å². The third kappa shape index (κ3) is 4.68. The van der Waals surface area contributed by atoms with Crippen LogP contribution in [-0.2, 0) is 9.59 Å². The van der Waals surface area contributed by atoms with Gasteiger partial charge in [-0.25, -0.2) is 10.2 Å². The van der Waals surface area contributed by atoms with Crippen molar-refractivity contribution in [2.75, 3.05) is 24.5 Å². The van der Waals surface area contributed by atoms with Gasteiger partial charge < -0.3 is 10.2 Å². The molecular formula is C20H27N5O3. The van der Waals surface area contributed by atoms with Crippen molar-refractivity contribution in [3.63, 3.8) is 0 Å². The minimum absolute atomic E-state index is 0.000474. The second kappa shape index (κ2) is 8.41. The van der Waals surface area contributed by atoms with E-state index in [0.29, 0.717) is 0 Å². The lowest BCUT2D eigenvalue weighted by molar-refractivity contribution is -0.130. The van der Waals surface area contributed by atoms with E-state index in [4.69, 9.17) is 0 Å². The Labute approximate surface area is 164 Å². The van der Waals surface area contributed by atoms with Gasteiger partial charge in [0.2, 0.25) is 5.91 Å². The summed E-state index contributed by atoms with van der Waals surface area (Å²) < 4.78 is 0. The van der Waals surface area contributed by atoms with Gasteiger partial charge in [-0.05, 0) is 50.8 Å². The maximum Gasteiger partial charge on any atom is 0.325 e. The molecule has 0 aromatic heterocycles. The first-order valence-corrected chi connectivity index (χ1v) is 9.68.